The number of rotatable bonds is 3. The first kappa shape index (κ1) is 19.7. The fourth-order valence-corrected chi connectivity index (χ4v) is 3.02. The molecule has 0 unspecified atom stereocenters. The second-order valence-electron chi connectivity index (χ2n) is 6.37. The van der Waals surface area contributed by atoms with Crippen LogP contribution in [-0.2, 0) is 11.0 Å². The molecule has 2 amide bonds. The van der Waals surface area contributed by atoms with Gasteiger partial charge in [-0.3, -0.25) is 9.59 Å². The molecule has 9 heteroatoms. The van der Waals surface area contributed by atoms with Crippen molar-refractivity contribution < 1.29 is 22.8 Å². The molecule has 2 heterocycles. The summed E-state index contributed by atoms with van der Waals surface area (Å²) in [5.41, 5.74) is -0.214. The molecule has 2 aromatic rings. The molecular weight excluding hydrogens is 373 g/mol. The molecule has 28 heavy (non-hydrogen) atoms. The Morgan fingerprint density at radius 3 is 2.32 bits per heavy atom. The molecule has 1 aromatic heterocycles. The van der Waals surface area contributed by atoms with Crippen LogP contribution >= 0.6 is 0 Å². The highest BCUT2D eigenvalue weighted by molar-refractivity contribution is 6.04. The minimum Gasteiger partial charge on any atom is -0.366 e. The van der Waals surface area contributed by atoms with Crippen LogP contribution < -0.4 is 10.2 Å². The highest BCUT2D eigenvalue weighted by Crippen LogP contribution is 2.29. The van der Waals surface area contributed by atoms with Crippen LogP contribution in [0.2, 0.25) is 0 Å². The molecule has 1 aliphatic rings. The maximum atomic E-state index is 12.8. The molecule has 1 saturated heterocycles. The van der Waals surface area contributed by atoms with Crippen molar-refractivity contribution in [3.63, 3.8) is 0 Å². The molecule has 1 N–H and O–H groups in total. The number of carbonyl (C=O) groups is 2. The molecule has 6 nitrogen and oxygen atoms in total. The molecular formula is C19H19F3N4O2. The average molecular weight is 392 g/mol. The number of para-hydroxylation sites is 2. The van der Waals surface area contributed by atoms with E-state index in [0.717, 1.165) is 17.8 Å². The summed E-state index contributed by atoms with van der Waals surface area (Å²) in [4.78, 5) is 31.1. The van der Waals surface area contributed by atoms with Crippen molar-refractivity contribution in [1.82, 2.24) is 9.88 Å². The van der Waals surface area contributed by atoms with E-state index in [9.17, 15) is 22.8 Å². The van der Waals surface area contributed by atoms with Gasteiger partial charge >= 0.3 is 6.18 Å². The van der Waals surface area contributed by atoms with Crippen LogP contribution in [0.5, 0.6) is 0 Å². The van der Waals surface area contributed by atoms with Crippen molar-refractivity contribution in [3.8, 4) is 0 Å². The highest BCUT2D eigenvalue weighted by Gasteiger charge is 2.33. The number of aromatic nitrogens is 1. The standard InChI is InChI=1S/C19H19F3N4O2/c1-13(27)25-9-11-26(12-10-25)16-7-3-2-5-14(16)24-18(28)15-6-4-8-17(23-15)19(20,21)22/h2-8H,9-12H2,1H3,(H,24,28). The SMILES string of the molecule is CC(=O)N1CCN(c2ccccc2NC(=O)c2cccc(C(F)(F)F)n2)CC1. The number of halogens is 3. The Balaban J connectivity index is 1.77. The van der Waals surface area contributed by atoms with Crippen molar-refractivity contribution in [2.75, 3.05) is 36.4 Å². The van der Waals surface area contributed by atoms with Crippen molar-refractivity contribution in [2.45, 2.75) is 13.1 Å². The van der Waals surface area contributed by atoms with Gasteiger partial charge in [0.1, 0.15) is 11.4 Å². The van der Waals surface area contributed by atoms with E-state index in [1.807, 2.05) is 17.0 Å². The van der Waals surface area contributed by atoms with Crippen molar-refractivity contribution in [2.24, 2.45) is 0 Å². The number of carbonyl (C=O) groups excluding carboxylic acids is 2. The van der Waals surface area contributed by atoms with Crippen LogP contribution in [0.15, 0.2) is 42.5 Å². The Morgan fingerprint density at radius 1 is 1.00 bits per heavy atom. The van der Waals surface area contributed by atoms with Gasteiger partial charge < -0.3 is 15.1 Å². The average Bonchev–Trinajstić information content (AvgIpc) is 2.68. The molecule has 0 bridgehead atoms. The maximum absolute atomic E-state index is 12.8. The zero-order valence-corrected chi connectivity index (χ0v) is 15.2. The number of hydrogen-bond acceptors (Lipinski definition) is 4. The van der Waals surface area contributed by atoms with Crippen molar-refractivity contribution in [3.05, 3.63) is 53.9 Å². The van der Waals surface area contributed by atoms with Gasteiger partial charge in [0.05, 0.1) is 11.4 Å². The lowest BCUT2D eigenvalue weighted by atomic mass is 10.2. The third kappa shape index (κ3) is 4.41. The first-order valence-electron chi connectivity index (χ1n) is 8.71. The summed E-state index contributed by atoms with van der Waals surface area (Å²) in [5.74, 6) is -0.710. The third-order valence-corrected chi connectivity index (χ3v) is 4.49. The van der Waals surface area contributed by atoms with Crippen LogP contribution in [-0.4, -0.2) is 47.9 Å². The minimum atomic E-state index is -4.62. The van der Waals surface area contributed by atoms with Gasteiger partial charge in [0, 0.05) is 33.1 Å². The van der Waals surface area contributed by atoms with Crippen LogP contribution in [0.1, 0.15) is 23.1 Å². The number of alkyl halides is 3. The summed E-state index contributed by atoms with van der Waals surface area (Å²) in [6.07, 6.45) is -4.62. The lowest BCUT2D eigenvalue weighted by Gasteiger charge is -2.36. The van der Waals surface area contributed by atoms with E-state index in [1.165, 1.54) is 13.0 Å². The van der Waals surface area contributed by atoms with E-state index in [0.29, 0.717) is 31.9 Å². The van der Waals surface area contributed by atoms with Gasteiger partial charge in [-0.1, -0.05) is 18.2 Å². The molecule has 0 atom stereocenters. The van der Waals surface area contributed by atoms with Crippen molar-refractivity contribution in [1.29, 1.82) is 0 Å². The molecule has 1 aromatic carbocycles. The predicted molar refractivity (Wildman–Crippen MR) is 98.1 cm³/mol. The van der Waals surface area contributed by atoms with E-state index in [2.05, 4.69) is 10.3 Å². The lowest BCUT2D eigenvalue weighted by molar-refractivity contribution is -0.141. The monoisotopic (exact) mass is 392 g/mol. The Hall–Kier alpha value is -3.10. The summed E-state index contributed by atoms with van der Waals surface area (Å²) in [5, 5.41) is 2.65. The topological polar surface area (TPSA) is 65.5 Å². The summed E-state index contributed by atoms with van der Waals surface area (Å²) >= 11 is 0. The van der Waals surface area contributed by atoms with Crippen LogP contribution in [0, 0.1) is 0 Å². The predicted octanol–water partition coefficient (Wildman–Crippen LogP) is 3.02. The minimum absolute atomic E-state index is 0.0110. The van der Waals surface area contributed by atoms with Gasteiger partial charge in [0.25, 0.3) is 5.91 Å². The van der Waals surface area contributed by atoms with E-state index < -0.39 is 17.8 Å². The summed E-state index contributed by atoms with van der Waals surface area (Å²) < 4.78 is 38.5. The van der Waals surface area contributed by atoms with Crippen molar-refractivity contribution >= 4 is 23.2 Å². The number of amides is 2. The Morgan fingerprint density at radius 2 is 1.68 bits per heavy atom. The van der Waals surface area contributed by atoms with Gasteiger partial charge in [-0.25, -0.2) is 4.98 Å². The third-order valence-electron chi connectivity index (χ3n) is 4.49. The summed E-state index contributed by atoms with van der Waals surface area (Å²) in [6, 6.07) is 10.2. The number of nitrogens with zero attached hydrogens (tertiary/aromatic N) is 3. The number of benzene rings is 1. The molecule has 3 rings (SSSR count). The van der Waals surface area contributed by atoms with E-state index in [4.69, 9.17) is 0 Å². The van der Waals surface area contributed by atoms with Gasteiger partial charge in [-0.2, -0.15) is 13.2 Å². The molecule has 1 fully saturated rings. The normalized spacial score (nSPS) is 14.7. The van der Waals surface area contributed by atoms with Crippen LogP contribution in [0.3, 0.4) is 0 Å². The summed E-state index contributed by atoms with van der Waals surface area (Å²) in [7, 11) is 0. The van der Waals surface area contributed by atoms with Gasteiger partial charge in [-0.05, 0) is 24.3 Å². The van der Waals surface area contributed by atoms with Gasteiger partial charge in [-0.15, -0.1) is 0 Å². The number of nitrogens with one attached hydrogen (secondary N) is 1. The first-order valence-corrected chi connectivity index (χ1v) is 8.71. The Bertz CT molecular complexity index is 877. The number of piperazine rings is 1. The summed E-state index contributed by atoms with van der Waals surface area (Å²) in [6.45, 7) is 3.83. The van der Waals surface area contributed by atoms with E-state index in [1.54, 1.807) is 17.0 Å². The molecule has 0 spiro atoms. The smallest absolute Gasteiger partial charge is 0.366 e. The number of anilines is 2. The molecule has 0 saturated carbocycles. The second kappa shape index (κ2) is 7.87. The molecule has 148 valence electrons. The number of hydrogen-bond donors (Lipinski definition) is 1. The molecule has 1 aliphatic heterocycles. The highest BCUT2D eigenvalue weighted by atomic mass is 19.4. The van der Waals surface area contributed by atoms with Gasteiger partial charge in [0.15, 0.2) is 0 Å². The largest absolute Gasteiger partial charge is 0.433 e. The van der Waals surface area contributed by atoms with Gasteiger partial charge in [0.2, 0.25) is 5.91 Å². The lowest BCUT2D eigenvalue weighted by Crippen LogP contribution is -2.48. The quantitative estimate of drug-likeness (QED) is 0.872. The molecule has 0 aliphatic carbocycles. The van der Waals surface area contributed by atoms with E-state index >= 15 is 0 Å². The molecule has 0 radical (unpaired) electrons. The number of pyridine rings is 1. The fraction of sp³-hybridized carbons (Fsp3) is 0.316. The second-order valence-corrected chi connectivity index (χ2v) is 6.37. The van der Waals surface area contributed by atoms with E-state index in [-0.39, 0.29) is 11.6 Å². The first-order chi connectivity index (χ1) is 13.3. The maximum Gasteiger partial charge on any atom is 0.433 e. The van der Waals surface area contributed by atoms with Crippen LogP contribution in [0.25, 0.3) is 0 Å². The van der Waals surface area contributed by atoms with Crippen LogP contribution in [0.4, 0.5) is 24.5 Å². The fourth-order valence-electron chi connectivity index (χ4n) is 3.02. The Kier molecular flexibility index (Phi) is 5.53. The Labute approximate surface area is 160 Å². The zero-order chi connectivity index (χ0) is 20.3. The zero-order valence-electron chi connectivity index (χ0n) is 15.2.